The summed E-state index contributed by atoms with van der Waals surface area (Å²) in [5.74, 6) is -1.37. The number of carboxylic acids is 1. The third kappa shape index (κ3) is 3.01. The number of Topliss-reactive ketones (excluding diaryl/α,β-unsaturated/α-hetero) is 3. The van der Waals surface area contributed by atoms with Gasteiger partial charge in [-0.15, -0.1) is 0 Å². The molecule has 4 rings (SSSR count). The predicted molar refractivity (Wildman–Crippen MR) is 122 cm³/mol. The monoisotopic (exact) mass is 458 g/mol. The second-order valence-electron chi connectivity index (χ2n) is 12.5. The molecule has 0 radical (unpaired) electrons. The van der Waals surface area contributed by atoms with E-state index in [1.54, 1.807) is 0 Å². The van der Waals surface area contributed by atoms with Crippen molar-refractivity contribution in [3.63, 3.8) is 0 Å². The van der Waals surface area contributed by atoms with E-state index in [9.17, 15) is 24.3 Å². The van der Waals surface area contributed by atoms with Gasteiger partial charge < -0.3 is 10.2 Å². The summed E-state index contributed by atoms with van der Waals surface area (Å²) in [6.45, 7) is 11.8. The zero-order chi connectivity index (χ0) is 24.7. The van der Waals surface area contributed by atoms with E-state index in [0.717, 1.165) is 0 Å². The summed E-state index contributed by atoms with van der Waals surface area (Å²) in [5.41, 5.74) is -1.80. The van der Waals surface area contributed by atoms with E-state index in [1.807, 2.05) is 34.6 Å². The van der Waals surface area contributed by atoms with Gasteiger partial charge in [0.25, 0.3) is 0 Å². The number of aliphatic hydroxyl groups is 1. The first-order valence-corrected chi connectivity index (χ1v) is 12.4. The van der Waals surface area contributed by atoms with Crippen molar-refractivity contribution < 1.29 is 29.4 Å². The Morgan fingerprint density at radius 2 is 1.67 bits per heavy atom. The molecule has 0 spiro atoms. The minimum absolute atomic E-state index is 0.00248. The average Bonchev–Trinajstić information content (AvgIpc) is 2.92. The van der Waals surface area contributed by atoms with Gasteiger partial charge in [-0.25, -0.2) is 0 Å². The van der Waals surface area contributed by atoms with Gasteiger partial charge in [0.2, 0.25) is 0 Å². The highest BCUT2D eigenvalue weighted by Crippen LogP contribution is 2.70. The molecule has 0 heterocycles. The molecule has 0 aromatic rings. The van der Waals surface area contributed by atoms with Crippen LogP contribution in [-0.2, 0) is 19.2 Å². The highest BCUT2D eigenvalue weighted by molar-refractivity contribution is 6.16. The number of carbonyl (C=O) groups is 4. The average molecular weight is 459 g/mol. The van der Waals surface area contributed by atoms with E-state index in [0.29, 0.717) is 30.4 Å². The first-order valence-electron chi connectivity index (χ1n) is 12.4. The third-order valence-electron chi connectivity index (χ3n) is 10.7. The van der Waals surface area contributed by atoms with Crippen molar-refractivity contribution in [3.05, 3.63) is 11.1 Å². The van der Waals surface area contributed by atoms with Gasteiger partial charge in [0.15, 0.2) is 11.6 Å². The lowest BCUT2D eigenvalue weighted by Gasteiger charge is -2.60. The first kappa shape index (κ1) is 24.3. The van der Waals surface area contributed by atoms with Crippen LogP contribution < -0.4 is 0 Å². The maximum atomic E-state index is 13.9. The summed E-state index contributed by atoms with van der Waals surface area (Å²) >= 11 is 0. The van der Waals surface area contributed by atoms with Gasteiger partial charge in [0, 0.05) is 42.2 Å². The molecule has 4 aliphatic rings. The fourth-order valence-corrected chi connectivity index (χ4v) is 8.38. The lowest BCUT2D eigenvalue weighted by atomic mass is 9.42. The highest BCUT2D eigenvalue weighted by Gasteiger charge is 2.70. The molecule has 6 nitrogen and oxygen atoms in total. The Labute approximate surface area is 196 Å². The molecule has 7 atom stereocenters. The van der Waals surface area contributed by atoms with Crippen LogP contribution in [0.3, 0.4) is 0 Å². The minimum atomic E-state index is -1.04. The summed E-state index contributed by atoms with van der Waals surface area (Å²) in [7, 11) is 0. The maximum Gasteiger partial charge on any atom is 0.303 e. The Morgan fingerprint density at radius 1 is 1.03 bits per heavy atom. The van der Waals surface area contributed by atoms with Crippen LogP contribution in [0.2, 0.25) is 0 Å². The summed E-state index contributed by atoms with van der Waals surface area (Å²) < 4.78 is 0. The van der Waals surface area contributed by atoms with E-state index in [4.69, 9.17) is 5.11 Å². The SMILES string of the molecule is C[C@H](CCC(=O)O)[C@H]1CC(=O)[C@@]2(C)C3=C(C(=O)C[C@]12C)[C@@]1(C)CC[C@H](O)C(C)(C)[C@@H]1CC3=O. The number of fused-ring (bicyclic) bond motifs is 4. The van der Waals surface area contributed by atoms with Crippen LogP contribution in [0.15, 0.2) is 11.1 Å². The van der Waals surface area contributed by atoms with Crippen LogP contribution in [0.5, 0.6) is 0 Å². The largest absolute Gasteiger partial charge is 0.481 e. The van der Waals surface area contributed by atoms with Gasteiger partial charge in [-0.2, -0.15) is 0 Å². The quantitative estimate of drug-likeness (QED) is 0.656. The Balaban J connectivity index is 1.86. The van der Waals surface area contributed by atoms with E-state index in [-0.39, 0.29) is 60.8 Å². The number of rotatable bonds is 4. The van der Waals surface area contributed by atoms with Crippen molar-refractivity contribution in [1.82, 2.24) is 0 Å². The summed E-state index contributed by atoms with van der Waals surface area (Å²) in [6.07, 6.45) is 1.84. The van der Waals surface area contributed by atoms with Crippen molar-refractivity contribution >= 4 is 23.3 Å². The molecule has 33 heavy (non-hydrogen) atoms. The van der Waals surface area contributed by atoms with E-state index in [2.05, 4.69) is 6.92 Å². The van der Waals surface area contributed by atoms with E-state index in [1.165, 1.54) is 0 Å². The lowest BCUT2D eigenvalue weighted by Crippen LogP contribution is -2.59. The number of hydrogen-bond acceptors (Lipinski definition) is 5. The molecular weight excluding hydrogens is 420 g/mol. The van der Waals surface area contributed by atoms with Crippen LogP contribution in [0.4, 0.5) is 0 Å². The molecule has 4 aliphatic carbocycles. The number of carbonyl (C=O) groups excluding carboxylic acids is 3. The topological polar surface area (TPSA) is 109 Å². The number of hydrogen-bond donors (Lipinski definition) is 2. The Morgan fingerprint density at radius 3 is 2.27 bits per heavy atom. The molecule has 6 heteroatoms. The molecule has 0 aliphatic heterocycles. The van der Waals surface area contributed by atoms with Crippen LogP contribution in [-0.4, -0.2) is 39.6 Å². The molecule has 0 amide bonds. The van der Waals surface area contributed by atoms with Gasteiger partial charge in [-0.05, 0) is 54.8 Å². The number of aliphatic hydroxyl groups excluding tert-OH is 1. The van der Waals surface area contributed by atoms with Gasteiger partial charge in [0.05, 0.1) is 11.5 Å². The van der Waals surface area contributed by atoms with Gasteiger partial charge >= 0.3 is 5.97 Å². The zero-order valence-corrected chi connectivity index (χ0v) is 20.8. The third-order valence-corrected chi connectivity index (χ3v) is 10.7. The van der Waals surface area contributed by atoms with Crippen LogP contribution >= 0.6 is 0 Å². The molecule has 0 saturated heterocycles. The predicted octanol–water partition coefficient (Wildman–Crippen LogP) is 4.13. The molecular formula is C27H38O6. The van der Waals surface area contributed by atoms with E-state index < -0.39 is 33.7 Å². The summed E-state index contributed by atoms with van der Waals surface area (Å²) in [6, 6.07) is 0. The fraction of sp³-hybridized carbons (Fsp3) is 0.778. The first-order chi connectivity index (χ1) is 15.1. The fourth-order valence-electron chi connectivity index (χ4n) is 8.38. The van der Waals surface area contributed by atoms with Crippen LogP contribution in [0.25, 0.3) is 0 Å². The standard InChI is InChI=1S/C27H38O6/c1-14(7-8-21(32)33)15-11-20(31)27(6)23-16(28)12-18-24(2,3)19(30)9-10-25(18,4)22(23)17(29)13-26(15,27)5/h14-15,18-19,30H,7-13H2,1-6H3,(H,32,33)/t14-,15-,18+,19+,25+,26-,27+/m1/s1. The summed E-state index contributed by atoms with van der Waals surface area (Å²) in [4.78, 5) is 52.5. The van der Waals surface area contributed by atoms with Gasteiger partial charge in [0.1, 0.15) is 5.78 Å². The number of carboxylic acid groups (broad SMARTS) is 1. The maximum absolute atomic E-state index is 13.9. The van der Waals surface area contributed by atoms with Crippen molar-refractivity contribution in [1.29, 1.82) is 0 Å². The second-order valence-corrected chi connectivity index (χ2v) is 12.5. The molecule has 0 bridgehead atoms. The lowest BCUT2D eigenvalue weighted by molar-refractivity contribution is -0.145. The van der Waals surface area contributed by atoms with Crippen molar-refractivity contribution in [2.45, 2.75) is 92.6 Å². The smallest absolute Gasteiger partial charge is 0.303 e. The normalized spacial score (nSPS) is 43.1. The molecule has 2 N–H and O–H groups in total. The molecule has 2 saturated carbocycles. The molecule has 0 aromatic carbocycles. The van der Waals surface area contributed by atoms with Crippen LogP contribution in [0, 0.1) is 39.4 Å². The Bertz CT molecular complexity index is 975. The Kier molecular flexibility index (Phi) is 5.41. The van der Waals surface area contributed by atoms with Crippen molar-refractivity contribution in [2.24, 2.45) is 39.4 Å². The molecule has 2 fully saturated rings. The van der Waals surface area contributed by atoms with E-state index >= 15 is 0 Å². The zero-order valence-electron chi connectivity index (χ0n) is 20.8. The minimum Gasteiger partial charge on any atom is -0.481 e. The number of allylic oxidation sites excluding steroid dienone is 2. The van der Waals surface area contributed by atoms with Gasteiger partial charge in [-0.1, -0.05) is 34.6 Å². The van der Waals surface area contributed by atoms with Gasteiger partial charge in [-0.3, -0.25) is 19.2 Å². The van der Waals surface area contributed by atoms with Crippen molar-refractivity contribution in [3.8, 4) is 0 Å². The highest BCUT2D eigenvalue weighted by atomic mass is 16.4. The second kappa shape index (κ2) is 7.34. The van der Waals surface area contributed by atoms with Crippen molar-refractivity contribution in [2.75, 3.05) is 0 Å². The van der Waals surface area contributed by atoms with Crippen LogP contribution in [0.1, 0.15) is 86.5 Å². The molecule has 182 valence electrons. The number of aliphatic carboxylic acids is 1. The number of ketones is 3. The molecule has 0 unspecified atom stereocenters. The summed E-state index contributed by atoms with van der Waals surface area (Å²) in [5, 5.41) is 19.8. The Hall–Kier alpha value is -1.82. The molecule has 0 aromatic heterocycles.